The number of alkyl halides is 3. The van der Waals surface area contributed by atoms with Gasteiger partial charge in [0.2, 0.25) is 0 Å². The van der Waals surface area contributed by atoms with Crippen LogP contribution in [0.2, 0.25) is 0 Å². The Bertz CT molecular complexity index is 580. The van der Waals surface area contributed by atoms with E-state index in [-0.39, 0.29) is 24.0 Å². The first-order chi connectivity index (χ1) is 12.3. The van der Waals surface area contributed by atoms with E-state index in [1.54, 1.807) is 7.05 Å². The molecule has 27 heavy (non-hydrogen) atoms. The highest BCUT2D eigenvalue weighted by atomic mass is 127. The molecule has 5 nitrogen and oxygen atoms in total. The van der Waals surface area contributed by atoms with Crippen LogP contribution in [0.25, 0.3) is 0 Å². The summed E-state index contributed by atoms with van der Waals surface area (Å²) in [5.74, 6) is 1.31. The lowest BCUT2D eigenvalue weighted by Crippen LogP contribution is -2.42. The first-order valence-corrected chi connectivity index (χ1v) is 9.09. The second-order valence-corrected chi connectivity index (χ2v) is 7.06. The van der Waals surface area contributed by atoms with E-state index >= 15 is 0 Å². The minimum Gasteiger partial charge on any atom is -0.356 e. The zero-order valence-corrected chi connectivity index (χ0v) is 18.6. The quantitative estimate of drug-likeness (QED) is 0.369. The summed E-state index contributed by atoms with van der Waals surface area (Å²) in [4.78, 5) is 7.90. The molecule has 0 bridgehead atoms. The van der Waals surface area contributed by atoms with Crippen LogP contribution in [0.4, 0.5) is 13.2 Å². The van der Waals surface area contributed by atoms with Crippen molar-refractivity contribution in [2.24, 2.45) is 18.0 Å². The molecular formula is C18H31F3IN5. The van der Waals surface area contributed by atoms with Crippen LogP contribution >= 0.6 is 24.0 Å². The van der Waals surface area contributed by atoms with Crippen LogP contribution in [0.1, 0.15) is 25.0 Å². The van der Waals surface area contributed by atoms with Crippen molar-refractivity contribution in [2.75, 3.05) is 40.3 Å². The maximum atomic E-state index is 12.4. The molecule has 0 radical (unpaired) electrons. The van der Waals surface area contributed by atoms with Gasteiger partial charge in [0.05, 0.1) is 13.1 Å². The number of nitrogens with zero attached hydrogens (tertiary/aromatic N) is 4. The molecule has 2 heterocycles. The third-order valence-electron chi connectivity index (χ3n) is 4.97. The van der Waals surface area contributed by atoms with Gasteiger partial charge >= 0.3 is 6.18 Å². The maximum absolute atomic E-state index is 12.4. The summed E-state index contributed by atoms with van der Waals surface area (Å²) < 4.78 is 39.4. The molecule has 1 aliphatic heterocycles. The average Bonchev–Trinajstić information content (AvgIpc) is 2.96. The fraction of sp³-hybridized carbons (Fsp3) is 0.722. The topological polar surface area (TPSA) is 35.8 Å². The Morgan fingerprint density at radius 3 is 2.52 bits per heavy atom. The second kappa shape index (κ2) is 11.1. The van der Waals surface area contributed by atoms with Crippen molar-refractivity contribution in [3.63, 3.8) is 0 Å². The Labute approximate surface area is 177 Å². The molecule has 1 aromatic rings. The number of aryl methyl sites for hydroxylation is 1. The molecule has 1 aliphatic rings. The molecule has 0 unspecified atom stereocenters. The molecule has 2 rings (SSSR count). The van der Waals surface area contributed by atoms with E-state index < -0.39 is 12.7 Å². The molecule has 1 N–H and O–H groups in total. The second-order valence-electron chi connectivity index (χ2n) is 7.06. The number of aliphatic imine (C=N–C) groups is 1. The van der Waals surface area contributed by atoms with E-state index in [1.807, 2.05) is 26.4 Å². The predicted molar refractivity (Wildman–Crippen MR) is 113 cm³/mol. The maximum Gasteiger partial charge on any atom is 0.401 e. The molecule has 0 amide bonds. The van der Waals surface area contributed by atoms with Crippen LogP contribution in [0.3, 0.4) is 0 Å². The standard InChI is InChI=1S/C18H30F3N5.HI/c1-22-17(25(3)13-16-5-4-10-24(16)2)23-9-6-15-7-11-26(12-8-15)14-18(19,20)21;/h4-5,10,15H,6-9,11-14H2,1-3H3,(H,22,23);1H. The van der Waals surface area contributed by atoms with Crippen LogP contribution in [0.15, 0.2) is 23.3 Å². The number of likely N-dealkylation sites (tertiary alicyclic amines) is 1. The molecule has 156 valence electrons. The molecule has 0 spiro atoms. The Hall–Kier alpha value is -0.970. The molecule has 0 atom stereocenters. The van der Waals surface area contributed by atoms with Gasteiger partial charge in [0.25, 0.3) is 0 Å². The number of halogens is 4. The van der Waals surface area contributed by atoms with Gasteiger partial charge in [-0.15, -0.1) is 24.0 Å². The van der Waals surface area contributed by atoms with E-state index in [1.165, 1.54) is 10.6 Å². The SMILES string of the molecule is CN=C(NCCC1CCN(CC(F)(F)F)CC1)N(C)Cc1cccn1C.I. The third-order valence-corrected chi connectivity index (χ3v) is 4.97. The molecule has 0 saturated carbocycles. The van der Waals surface area contributed by atoms with Crippen molar-refractivity contribution < 1.29 is 13.2 Å². The fourth-order valence-corrected chi connectivity index (χ4v) is 3.44. The number of hydrogen-bond acceptors (Lipinski definition) is 2. The number of aromatic nitrogens is 1. The number of piperidine rings is 1. The van der Waals surface area contributed by atoms with Crippen LogP contribution in [-0.4, -0.2) is 66.8 Å². The number of rotatable bonds is 6. The molecule has 0 aliphatic carbocycles. The van der Waals surface area contributed by atoms with Crippen LogP contribution in [0.5, 0.6) is 0 Å². The van der Waals surface area contributed by atoms with Gasteiger partial charge in [-0.1, -0.05) is 0 Å². The van der Waals surface area contributed by atoms with Gasteiger partial charge in [-0.3, -0.25) is 9.89 Å². The predicted octanol–water partition coefficient (Wildman–Crippen LogP) is 3.31. The summed E-state index contributed by atoms with van der Waals surface area (Å²) in [5.41, 5.74) is 1.20. The van der Waals surface area contributed by atoms with Gasteiger partial charge < -0.3 is 14.8 Å². The van der Waals surface area contributed by atoms with Crippen molar-refractivity contribution in [1.29, 1.82) is 0 Å². The summed E-state index contributed by atoms with van der Waals surface area (Å²) in [5, 5.41) is 3.37. The minimum absolute atomic E-state index is 0. The Morgan fingerprint density at radius 2 is 2.00 bits per heavy atom. The lowest BCUT2D eigenvalue weighted by atomic mass is 9.93. The Morgan fingerprint density at radius 1 is 1.33 bits per heavy atom. The van der Waals surface area contributed by atoms with Crippen molar-refractivity contribution >= 4 is 29.9 Å². The number of guanidine groups is 1. The lowest BCUT2D eigenvalue weighted by molar-refractivity contribution is -0.148. The fourth-order valence-electron chi connectivity index (χ4n) is 3.44. The van der Waals surface area contributed by atoms with E-state index in [4.69, 9.17) is 0 Å². The largest absolute Gasteiger partial charge is 0.401 e. The zero-order valence-electron chi connectivity index (χ0n) is 16.3. The van der Waals surface area contributed by atoms with Gasteiger partial charge in [-0.05, 0) is 50.4 Å². The Kier molecular flexibility index (Phi) is 9.92. The van der Waals surface area contributed by atoms with Crippen LogP contribution in [-0.2, 0) is 13.6 Å². The molecule has 0 aromatic carbocycles. The van der Waals surface area contributed by atoms with Gasteiger partial charge in [-0.2, -0.15) is 13.2 Å². The van der Waals surface area contributed by atoms with E-state index in [9.17, 15) is 13.2 Å². The highest BCUT2D eigenvalue weighted by molar-refractivity contribution is 14.0. The van der Waals surface area contributed by atoms with Gasteiger partial charge in [0, 0.05) is 39.6 Å². The van der Waals surface area contributed by atoms with E-state index in [0.29, 0.717) is 19.0 Å². The molecular weight excluding hydrogens is 470 g/mol. The molecule has 1 fully saturated rings. The minimum atomic E-state index is -4.09. The van der Waals surface area contributed by atoms with E-state index in [2.05, 4.69) is 25.8 Å². The monoisotopic (exact) mass is 501 g/mol. The lowest BCUT2D eigenvalue weighted by Gasteiger charge is -2.32. The molecule has 9 heteroatoms. The first kappa shape index (κ1) is 24.1. The van der Waals surface area contributed by atoms with Crippen LogP contribution in [0, 0.1) is 5.92 Å². The van der Waals surface area contributed by atoms with Crippen molar-refractivity contribution in [2.45, 2.75) is 32.0 Å². The number of hydrogen-bond donors (Lipinski definition) is 1. The van der Waals surface area contributed by atoms with Gasteiger partial charge in [0.15, 0.2) is 5.96 Å². The van der Waals surface area contributed by atoms with Crippen molar-refractivity contribution in [3.8, 4) is 0 Å². The number of nitrogens with one attached hydrogen (secondary N) is 1. The summed E-state index contributed by atoms with van der Waals surface area (Å²) in [6.07, 6.45) is 0.538. The summed E-state index contributed by atoms with van der Waals surface area (Å²) in [6.45, 7) is 1.83. The summed E-state index contributed by atoms with van der Waals surface area (Å²) in [7, 11) is 5.78. The van der Waals surface area contributed by atoms with Crippen LogP contribution < -0.4 is 5.32 Å². The molecule has 1 saturated heterocycles. The Balaban J connectivity index is 0.00000364. The zero-order chi connectivity index (χ0) is 19.2. The van der Waals surface area contributed by atoms with Crippen molar-refractivity contribution in [3.05, 3.63) is 24.0 Å². The third kappa shape index (κ3) is 8.28. The van der Waals surface area contributed by atoms with E-state index in [0.717, 1.165) is 38.3 Å². The highest BCUT2D eigenvalue weighted by Crippen LogP contribution is 2.24. The van der Waals surface area contributed by atoms with Crippen molar-refractivity contribution in [1.82, 2.24) is 19.7 Å². The highest BCUT2D eigenvalue weighted by Gasteiger charge is 2.32. The normalized spacial score (nSPS) is 16.9. The summed E-state index contributed by atoms with van der Waals surface area (Å²) >= 11 is 0. The van der Waals surface area contributed by atoms with Gasteiger partial charge in [0.1, 0.15) is 0 Å². The molecule has 1 aromatic heterocycles. The average molecular weight is 501 g/mol. The summed E-state index contributed by atoms with van der Waals surface area (Å²) in [6, 6.07) is 4.10. The first-order valence-electron chi connectivity index (χ1n) is 9.09. The smallest absolute Gasteiger partial charge is 0.356 e. The van der Waals surface area contributed by atoms with Gasteiger partial charge in [-0.25, -0.2) is 0 Å².